The summed E-state index contributed by atoms with van der Waals surface area (Å²) in [6.45, 7) is 1.95. The van der Waals surface area contributed by atoms with Crippen LogP contribution in [-0.4, -0.2) is 36.9 Å². The van der Waals surface area contributed by atoms with Crippen LogP contribution < -0.4 is 0 Å². The molecule has 17 heavy (non-hydrogen) atoms. The minimum atomic E-state index is -0.350. The van der Waals surface area contributed by atoms with Gasteiger partial charge in [0.15, 0.2) is 0 Å². The van der Waals surface area contributed by atoms with Crippen molar-refractivity contribution in [3.05, 3.63) is 11.8 Å². The Morgan fingerprint density at radius 2 is 2.06 bits per heavy atom. The van der Waals surface area contributed by atoms with Crippen LogP contribution in [0.1, 0.15) is 32.1 Å². The number of methoxy groups -OCH3 is 1. The van der Waals surface area contributed by atoms with E-state index in [9.17, 15) is 9.59 Å². The predicted octanol–water partition coefficient (Wildman–Crippen LogP) is 1.51. The van der Waals surface area contributed by atoms with Gasteiger partial charge in [0, 0.05) is 25.7 Å². The van der Waals surface area contributed by atoms with Crippen LogP contribution in [-0.2, 0) is 14.3 Å². The summed E-state index contributed by atoms with van der Waals surface area (Å²) in [6, 6.07) is 0. The number of hydrogen-bond donors (Lipinski definition) is 0. The number of likely N-dealkylation sites (tertiary alicyclic amines) is 1. The van der Waals surface area contributed by atoms with Crippen molar-refractivity contribution in [2.45, 2.75) is 32.1 Å². The first kappa shape index (κ1) is 12.1. The third-order valence-corrected chi connectivity index (χ3v) is 3.56. The Hall–Kier alpha value is -1.32. The summed E-state index contributed by atoms with van der Waals surface area (Å²) in [4.78, 5) is 25.6. The Bertz CT molecular complexity index is 343. The monoisotopic (exact) mass is 237 g/mol. The van der Waals surface area contributed by atoms with Gasteiger partial charge in [-0.25, -0.2) is 4.79 Å². The quantitative estimate of drug-likeness (QED) is 0.551. The van der Waals surface area contributed by atoms with Crippen molar-refractivity contribution in [1.82, 2.24) is 4.90 Å². The first-order valence-corrected chi connectivity index (χ1v) is 6.29. The molecule has 1 unspecified atom stereocenters. The summed E-state index contributed by atoms with van der Waals surface area (Å²) >= 11 is 0. The minimum absolute atomic E-state index is 0.181. The van der Waals surface area contributed by atoms with Crippen molar-refractivity contribution in [1.29, 1.82) is 0 Å². The van der Waals surface area contributed by atoms with E-state index in [0.717, 1.165) is 38.8 Å². The van der Waals surface area contributed by atoms with Crippen LogP contribution >= 0.6 is 0 Å². The van der Waals surface area contributed by atoms with Gasteiger partial charge in [0.25, 0.3) is 0 Å². The highest BCUT2D eigenvalue weighted by Gasteiger charge is 2.32. The topological polar surface area (TPSA) is 46.6 Å². The molecule has 0 aromatic carbocycles. The molecular formula is C13H19NO3. The van der Waals surface area contributed by atoms with Crippen LogP contribution in [0.15, 0.2) is 11.8 Å². The average Bonchev–Trinajstić information content (AvgIpc) is 2.96. The van der Waals surface area contributed by atoms with Gasteiger partial charge in [0.05, 0.1) is 18.6 Å². The Balaban J connectivity index is 2.17. The van der Waals surface area contributed by atoms with Crippen molar-refractivity contribution < 1.29 is 14.3 Å². The van der Waals surface area contributed by atoms with E-state index in [2.05, 4.69) is 4.90 Å². The molecule has 2 aliphatic rings. The number of ether oxygens (including phenoxy) is 1. The van der Waals surface area contributed by atoms with Crippen LogP contribution in [0.25, 0.3) is 0 Å². The summed E-state index contributed by atoms with van der Waals surface area (Å²) < 4.78 is 4.80. The Morgan fingerprint density at radius 3 is 2.59 bits per heavy atom. The molecule has 2 rings (SSSR count). The lowest BCUT2D eigenvalue weighted by Crippen LogP contribution is -2.22. The lowest BCUT2D eigenvalue weighted by Gasteiger charge is -2.17. The second-order valence-corrected chi connectivity index (χ2v) is 4.73. The SMILES string of the molecule is COC(=O)/C(=C/N1CCCC1)C1CCCC1=O. The Labute approximate surface area is 102 Å². The van der Waals surface area contributed by atoms with Crippen LogP contribution in [0.4, 0.5) is 0 Å². The molecule has 1 aliphatic carbocycles. The number of hydrogen-bond acceptors (Lipinski definition) is 4. The maximum Gasteiger partial charge on any atom is 0.335 e. The summed E-state index contributed by atoms with van der Waals surface area (Å²) in [5, 5.41) is 0. The molecule has 1 saturated heterocycles. The highest BCUT2D eigenvalue weighted by Crippen LogP contribution is 2.29. The van der Waals surface area contributed by atoms with Crippen molar-refractivity contribution in [2.24, 2.45) is 5.92 Å². The van der Waals surface area contributed by atoms with Crippen LogP contribution in [0.5, 0.6) is 0 Å². The number of nitrogens with zero attached hydrogens (tertiary/aromatic N) is 1. The van der Waals surface area contributed by atoms with E-state index in [0.29, 0.717) is 12.0 Å². The second-order valence-electron chi connectivity index (χ2n) is 4.73. The van der Waals surface area contributed by atoms with E-state index in [-0.39, 0.29) is 17.7 Å². The van der Waals surface area contributed by atoms with E-state index in [1.165, 1.54) is 7.11 Å². The standard InChI is InChI=1S/C13H19NO3/c1-17-13(16)11(9-14-7-2-3-8-14)10-5-4-6-12(10)15/h9-10H,2-8H2,1H3/b11-9+. The van der Waals surface area contributed by atoms with Crippen LogP contribution in [0.2, 0.25) is 0 Å². The molecule has 0 spiro atoms. The average molecular weight is 237 g/mol. The molecule has 1 atom stereocenters. The summed E-state index contributed by atoms with van der Waals surface area (Å²) in [6.07, 6.45) is 6.43. The number of Topliss-reactive ketones (excluding diaryl/α,β-unsaturated/α-hetero) is 1. The molecule has 0 aromatic rings. The third-order valence-electron chi connectivity index (χ3n) is 3.56. The number of esters is 1. The first-order valence-electron chi connectivity index (χ1n) is 6.29. The first-order chi connectivity index (χ1) is 8.22. The predicted molar refractivity (Wildman–Crippen MR) is 63.3 cm³/mol. The Kier molecular flexibility index (Phi) is 3.82. The fourth-order valence-electron chi connectivity index (χ4n) is 2.61. The highest BCUT2D eigenvalue weighted by atomic mass is 16.5. The molecule has 1 saturated carbocycles. The maximum atomic E-state index is 11.8. The lowest BCUT2D eigenvalue weighted by atomic mass is 9.97. The molecular weight excluding hydrogens is 218 g/mol. The molecule has 1 heterocycles. The van der Waals surface area contributed by atoms with E-state index in [4.69, 9.17) is 4.74 Å². The normalized spacial score (nSPS) is 25.5. The smallest absolute Gasteiger partial charge is 0.335 e. The summed E-state index contributed by atoms with van der Waals surface area (Å²) in [5.41, 5.74) is 0.553. The molecule has 94 valence electrons. The fourth-order valence-corrected chi connectivity index (χ4v) is 2.61. The molecule has 0 bridgehead atoms. The van der Waals surface area contributed by atoms with Gasteiger partial charge in [-0.2, -0.15) is 0 Å². The summed E-state index contributed by atoms with van der Waals surface area (Å²) in [7, 11) is 1.37. The van der Waals surface area contributed by atoms with Crippen molar-refractivity contribution >= 4 is 11.8 Å². The number of ketones is 1. The molecule has 0 aromatic heterocycles. The molecule has 0 radical (unpaired) electrons. The van der Waals surface area contributed by atoms with Crippen molar-refractivity contribution in [3.8, 4) is 0 Å². The lowest BCUT2D eigenvalue weighted by molar-refractivity contribution is -0.138. The fraction of sp³-hybridized carbons (Fsp3) is 0.692. The zero-order valence-corrected chi connectivity index (χ0v) is 10.3. The molecule has 0 amide bonds. The van der Waals surface area contributed by atoms with E-state index in [1.807, 2.05) is 6.20 Å². The zero-order chi connectivity index (χ0) is 12.3. The third kappa shape index (κ3) is 2.68. The molecule has 4 heteroatoms. The van der Waals surface area contributed by atoms with E-state index >= 15 is 0 Å². The highest BCUT2D eigenvalue weighted by molar-refractivity contribution is 5.98. The van der Waals surface area contributed by atoms with Gasteiger partial charge >= 0.3 is 5.97 Å². The number of carbonyl (C=O) groups excluding carboxylic acids is 2. The molecule has 4 nitrogen and oxygen atoms in total. The van der Waals surface area contributed by atoms with E-state index < -0.39 is 0 Å². The maximum absolute atomic E-state index is 11.8. The van der Waals surface area contributed by atoms with Gasteiger partial charge in [-0.05, 0) is 25.7 Å². The molecule has 2 fully saturated rings. The minimum Gasteiger partial charge on any atom is -0.466 e. The van der Waals surface area contributed by atoms with Gasteiger partial charge < -0.3 is 9.64 Å². The van der Waals surface area contributed by atoms with Gasteiger partial charge in [-0.3, -0.25) is 4.79 Å². The zero-order valence-electron chi connectivity index (χ0n) is 10.3. The van der Waals surface area contributed by atoms with Gasteiger partial charge in [0.2, 0.25) is 0 Å². The number of carbonyl (C=O) groups is 2. The largest absolute Gasteiger partial charge is 0.466 e. The van der Waals surface area contributed by atoms with Gasteiger partial charge in [-0.1, -0.05) is 0 Å². The molecule has 1 aliphatic heterocycles. The molecule has 0 N–H and O–H groups in total. The second kappa shape index (κ2) is 5.34. The Morgan fingerprint density at radius 1 is 1.35 bits per heavy atom. The van der Waals surface area contributed by atoms with E-state index in [1.54, 1.807) is 0 Å². The van der Waals surface area contributed by atoms with Crippen LogP contribution in [0.3, 0.4) is 0 Å². The van der Waals surface area contributed by atoms with Crippen LogP contribution in [0, 0.1) is 5.92 Å². The summed E-state index contributed by atoms with van der Waals surface area (Å²) in [5.74, 6) is -0.402. The van der Waals surface area contributed by atoms with Gasteiger partial charge in [0.1, 0.15) is 5.78 Å². The van der Waals surface area contributed by atoms with Gasteiger partial charge in [-0.15, -0.1) is 0 Å². The number of rotatable bonds is 3. The van der Waals surface area contributed by atoms with Crippen molar-refractivity contribution in [3.63, 3.8) is 0 Å². The van der Waals surface area contributed by atoms with Crippen molar-refractivity contribution in [2.75, 3.05) is 20.2 Å².